The van der Waals surface area contributed by atoms with E-state index < -0.39 is 0 Å². The fourth-order valence-electron chi connectivity index (χ4n) is 4.57. The third-order valence-corrected chi connectivity index (χ3v) is 7.19. The van der Waals surface area contributed by atoms with Crippen LogP contribution in [-0.4, -0.2) is 27.3 Å². The Morgan fingerprint density at radius 3 is 1.26 bits per heavy atom. The van der Waals surface area contributed by atoms with Gasteiger partial charge in [0.2, 0.25) is 5.56 Å². The second kappa shape index (κ2) is 29.7. The maximum atomic E-state index is 11.8. The van der Waals surface area contributed by atoms with Crippen LogP contribution in [0.15, 0.2) is 108 Å². The molecule has 3 heterocycles. The zero-order valence-electron chi connectivity index (χ0n) is 39.8. The number of nitrogens with one attached hydrogen (secondary N) is 1. The molecule has 1 aromatic heterocycles. The van der Waals surface area contributed by atoms with E-state index in [9.17, 15) is 14.4 Å². The standard InChI is InChI=1S/C11H11NO.C10H14.C8H7NO.C6H7NO.3C5H12.C2H6.3CH4/c13-11-10-4-2-1-3-8(10)7-12(11)9-5-6-9;1-10(2,3)9-7-5-4-6-8-9;10-8-7-4-2-1-3-6(7)5-9-8;1-7-5-3-2-4-6(7)8;3*1-5(2,3)4;1-2;;;/h1-4,9H,5-7H2;4-8H,1-3H3;1-4H,5H2,(H,9,10);2-5H,1H3;3*1-4H3;1-2H3;3*1H4. The van der Waals surface area contributed by atoms with Gasteiger partial charge in [0.15, 0.2) is 0 Å². The number of benzene rings is 3. The van der Waals surface area contributed by atoms with E-state index in [0.29, 0.717) is 34.2 Å². The summed E-state index contributed by atoms with van der Waals surface area (Å²) in [5, 5.41) is 2.75. The molecule has 7 rings (SSSR count). The third-order valence-electron chi connectivity index (χ3n) is 7.19. The number of hydrogen-bond donors (Lipinski definition) is 1. The molecule has 61 heavy (non-hydrogen) atoms. The van der Waals surface area contributed by atoms with Crippen molar-refractivity contribution in [3.05, 3.63) is 141 Å². The largest absolute Gasteiger partial charge is 0.348 e. The van der Waals surface area contributed by atoms with Crippen molar-refractivity contribution in [3.8, 4) is 0 Å². The molecule has 3 aliphatic rings. The lowest BCUT2D eigenvalue weighted by molar-refractivity contribution is 0.0766. The van der Waals surface area contributed by atoms with Crippen LogP contribution < -0.4 is 10.9 Å². The molecule has 346 valence electrons. The average molecular weight is 844 g/mol. The van der Waals surface area contributed by atoms with Gasteiger partial charge in [-0.15, -0.1) is 0 Å². The van der Waals surface area contributed by atoms with E-state index in [1.165, 1.54) is 34.6 Å². The predicted molar refractivity (Wildman–Crippen MR) is 271 cm³/mol. The summed E-state index contributed by atoms with van der Waals surface area (Å²) in [5.41, 5.74) is 7.26. The molecule has 0 radical (unpaired) electrons. The zero-order chi connectivity index (χ0) is 44.9. The van der Waals surface area contributed by atoms with E-state index in [0.717, 1.165) is 23.2 Å². The molecule has 1 saturated carbocycles. The molecule has 1 N–H and O–H groups in total. The van der Waals surface area contributed by atoms with Gasteiger partial charge in [0.05, 0.1) is 0 Å². The Morgan fingerprint density at radius 1 is 0.525 bits per heavy atom. The van der Waals surface area contributed by atoms with Crippen molar-refractivity contribution >= 4 is 11.8 Å². The Bertz CT molecular complexity index is 1760. The first-order chi connectivity index (χ1) is 26.6. The van der Waals surface area contributed by atoms with Crippen LogP contribution in [0, 0.1) is 16.2 Å². The molecular formula is C55H93N3O3. The average Bonchev–Trinajstić information content (AvgIpc) is 3.81. The van der Waals surface area contributed by atoms with Gasteiger partial charge in [0, 0.05) is 49.6 Å². The SMILES string of the molecule is C.C.C.CC.CC(C)(C)C.CC(C)(C)C.CC(C)(C)C.CC(C)(C)c1ccccc1.Cn1ccccc1=O.O=C1NCc2ccccc21.O=C1c2ccccc2CN1C1CC1. The Morgan fingerprint density at radius 2 is 0.918 bits per heavy atom. The summed E-state index contributed by atoms with van der Waals surface area (Å²) in [4.78, 5) is 35.3. The van der Waals surface area contributed by atoms with Crippen LogP contribution in [-0.2, 0) is 25.6 Å². The number of carbonyl (C=O) groups excluding carboxylic acids is 2. The monoisotopic (exact) mass is 844 g/mol. The number of carbonyl (C=O) groups is 2. The van der Waals surface area contributed by atoms with Crippen molar-refractivity contribution in [3.63, 3.8) is 0 Å². The highest BCUT2D eigenvalue weighted by molar-refractivity contribution is 5.99. The molecule has 0 spiro atoms. The van der Waals surface area contributed by atoms with E-state index in [2.05, 4.69) is 146 Å². The first-order valence-corrected chi connectivity index (χ1v) is 21.1. The molecule has 6 heteroatoms. The molecule has 3 aromatic carbocycles. The first-order valence-electron chi connectivity index (χ1n) is 21.1. The van der Waals surface area contributed by atoms with Gasteiger partial charge in [-0.2, -0.15) is 0 Å². The third kappa shape index (κ3) is 32.0. The first kappa shape index (κ1) is 63.2. The van der Waals surface area contributed by atoms with Gasteiger partial charge in [-0.1, -0.05) is 213 Å². The number of aromatic nitrogens is 1. The fourth-order valence-corrected chi connectivity index (χ4v) is 4.57. The van der Waals surface area contributed by atoms with Crippen molar-refractivity contribution in [1.82, 2.24) is 14.8 Å². The number of pyridine rings is 1. The maximum Gasteiger partial charge on any atom is 0.254 e. The van der Waals surface area contributed by atoms with E-state index >= 15 is 0 Å². The number of hydrogen-bond acceptors (Lipinski definition) is 3. The highest BCUT2D eigenvalue weighted by Gasteiger charge is 2.37. The smallest absolute Gasteiger partial charge is 0.254 e. The van der Waals surface area contributed by atoms with Crippen molar-refractivity contribution in [1.29, 1.82) is 0 Å². The summed E-state index contributed by atoms with van der Waals surface area (Å²) in [6.45, 7) is 38.4. The highest BCUT2D eigenvalue weighted by Crippen LogP contribution is 2.34. The molecule has 0 atom stereocenters. The zero-order valence-corrected chi connectivity index (χ0v) is 39.8. The second-order valence-electron chi connectivity index (χ2n) is 20.4. The molecule has 0 saturated heterocycles. The molecule has 0 bridgehead atoms. The quantitative estimate of drug-likeness (QED) is 0.207. The Hall–Kier alpha value is -4.45. The van der Waals surface area contributed by atoms with Gasteiger partial charge in [-0.25, -0.2) is 0 Å². The molecule has 2 aliphatic heterocycles. The van der Waals surface area contributed by atoms with Crippen LogP contribution in [0.3, 0.4) is 0 Å². The Kier molecular flexibility index (Phi) is 30.8. The minimum atomic E-state index is 0. The van der Waals surface area contributed by atoms with Crippen molar-refractivity contribution in [2.75, 3.05) is 0 Å². The minimum absolute atomic E-state index is 0. The number of aryl methyl sites for hydroxylation is 1. The van der Waals surface area contributed by atoms with E-state index in [1.807, 2.05) is 67.3 Å². The van der Waals surface area contributed by atoms with E-state index in [1.54, 1.807) is 19.3 Å². The fraction of sp³-hybridized carbons (Fsp3) is 0.545. The van der Waals surface area contributed by atoms with Gasteiger partial charge in [-0.3, -0.25) is 14.4 Å². The minimum Gasteiger partial charge on any atom is -0.348 e. The second-order valence-corrected chi connectivity index (χ2v) is 20.4. The lowest BCUT2D eigenvalue weighted by atomic mass is 9.87. The molecule has 2 amide bonds. The summed E-state index contributed by atoms with van der Waals surface area (Å²) in [6.07, 6.45) is 4.11. The number of rotatable bonds is 1. The summed E-state index contributed by atoms with van der Waals surface area (Å²) >= 11 is 0. The highest BCUT2D eigenvalue weighted by atomic mass is 16.2. The molecule has 1 aliphatic carbocycles. The summed E-state index contributed by atoms with van der Waals surface area (Å²) in [5.74, 6) is 0.286. The number of nitrogens with zero attached hydrogens (tertiary/aromatic N) is 2. The summed E-state index contributed by atoms with van der Waals surface area (Å²) < 4.78 is 1.53. The van der Waals surface area contributed by atoms with Crippen LogP contribution >= 0.6 is 0 Å². The van der Waals surface area contributed by atoms with Gasteiger partial charge >= 0.3 is 0 Å². The van der Waals surface area contributed by atoms with Gasteiger partial charge < -0.3 is 14.8 Å². The van der Waals surface area contributed by atoms with Crippen molar-refractivity contribution in [2.24, 2.45) is 23.3 Å². The molecule has 0 unspecified atom stereocenters. The number of fused-ring (bicyclic) bond motifs is 2. The van der Waals surface area contributed by atoms with Crippen LogP contribution in [0.2, 0.25) is 0 Å². The van der Waals surface area contributed by atoms with Crippen LogP contribution in [0.1, 0.15) is 190 Å². The Balaban J connectivity index is -0.000000315. The molecule has 1 fully saturated rings. The molecular weight excluding hydrogens is 751 g/mol. The normalized spacial score (nSPS) is 12.9. The summed E-state index contributed by atoms with van der Waals surface area (Å²) in [7, 11) is 1.72. The topological polar surface area (TPSA) is 71.4 Å². The predicted octanol–water partition coefficient (Wildman–Crippen LogP) is 15.2. The molecule has 4 aromatic rings. The summed E-state index contributed by atoms with van der Waals surface area (Å²) in [6, 6.07) is 31.7. The van der Waals surface area contributed by atoms with Gasteiger partial charge in [-0.05, 0) is 69.4 Å². The van der Waals surface area contributed by atoms with Crippen LogP contribution in [0.5, 0.6) is 0 Å². The number of amides is 2. The Labute approximate surface area is 377 Å². The lowest BCUT2D eigenvalue weighted by Crippen LogP contribution is -2.25. The lowest BCUT2D eigenvalue weighted by Gasteiger charge is -2.18. The maximum absolute atomic E-state index is 11.8. The van der Waals surface area contributed by atoms with Crippen LogP contribution in [0.4, 0.5) is 0 Å². The molecule has 6 nitrogen and oxygen atoms in total. The van der Waals surface area contributed by atoms with Gasteiger partial charge in [0.25, 0.3) is 11.8 Å². The van der Waals surface area contributed by atoms with Crippen LogP contribution in [0.25, 0.3) is 0 Å². The van der Waals surface area contributed by atoms with Gasteiger partial charge in [0.1, 0.15) is 0 Å². The van der Waals surface area contributed by atoms with E-state index in [-0.39, 0.29) is 39.7 Å². The van der Waals surface area contributed by atoms with Crippen molar-refractivity contribution in [2.45, 2.75) is 177 Å². The van der Waals surface area contributed by atoms with E-state index in [4.69, 9.17) is 0 Å². The van der Waals surface area contributed by atoms with Crippen molar-refractivity contribution < 1.29 is 9.59 Å².